The number of rotatable bonds is 4. The number of methoxy groups -OCH3 is 1. The molecule has 0 radical (unpaired) electrons. The zero-order valence-electron chi connectivity index (χ0n) is 10.9. The van der Waals surface area contributed by atoms with Crippen LogP contribution in [-0.4, -0.2) is 21.8 Å². The number of hydrogen-bond donors (Lipinski definition) is 1. The van der Waals surface area contributed by atoms with Gasteiger partial charge in [-0.1, -0.05) is 12.1 Å². The van der Waals surface area contributed by atoms with Gasteiger partial charge in [-0.15, -0.1) is 0 Å². The molecule has 1 aromatic heterocycles. The Balaban J connectivity index is 2.40. The molecule has 4 nitrogen and oxygen atoms in total. The van der Waals surface area contributed by atoms with E-state index in [1.54, 1.807) is 20.2 Å². The number of hydrogen-bond acceptors (Lipinski definition) is 3. The van der Waals surface area contributed by atoms with Gasteiger partial charge < -0.3 is 14.4 Å². The van der Waals surface area contributed by atoms with Crippen molar-refractivity contribution in [2.75, 3.05) is 7.11 Å². The van der Waals surface area contributed by atoms with Gasteiger partial charge in [-0.05, 0) is 31.5 Å². The monoisotopic (exact) mass is 246 g/mol. The van der Waals surface area contributed by atoms with Crippen molar-refractivity contribution in [1.82, 2.24) is 9.55 Å². The van der Waals surface area contributed by atoms with Gasteiger partial charge in [0.05, 0.1) is 7.11 Å². The van der Waals surface area contributed by atoms with E-state index in [-0.39, 0.29) is 0 Å². The van der Waals surface area contributed by atoms with E-state index >= 15 is 0 Å². The molecule has 0 fully saturated rings. The fraction of sp³-hybridized carbons (Fsp3) is 0.357. The quantitative estimate of drug-likeness (QED) is 0.899. The van der Waals surface area contributed by atoms with E-state index in [1.807, 2.05) is 42.0 Å². The lowest BCUT2D eigenvalue weighted by Crippen LogP contribution is -2.27. The lowest BCUT2D eigenvalue weighted by atomic mass is 9.95. The van der Waals surface area contributed by atoms with Gasteiger partial charge in [0.2, 0.25) is 0 Å². The highest BCUT2D eigenvalue weighted by molar-refractivity contribution is 5.34. The highest BCUT2D eigenvalue weighted by Crippen LogP contribution is 2.29. The molecule has 0 amide bonds. The van der Waals surface area contributed by atoms with Crippen molar-refractivity contribution < 1.29 is 9.84 Å². The molecule has 0 aliphatic rings. The van der Waals surface area contributed by atoms with Crippen LogP contribution >= 0.6 is 0 Å². The molecule has 0 aliphatic heterocycles. The standard InChI is InChI=1S/C14H18N2O2/c1-4-16-10-9-15-13(16)14(2,17)11-5-7-12(18-3)8-6-11/h5-10,17H,4H2,1-3H3. The Morgan fingerprint density at radius 3 is 2.56 bits per heavy atom. The van der Waals surface area contributed by atoms with Gasteiger partial charge in [0.1, 0.15) is 17.2 Å². The van der Waals surface area contributed by atoms with Gasteiger partial charge >= 0.3 is 0 Å². The summed E-state index contributed by atoms with van der Waals surface area (Å²) in [6.45, 7) is 4.56. The van der Waals surface area contributed by atoms with Crippen LogP contribution in [0.1, 0.15) is 25.2 Å². The van der Waals surface area contributed by atoms with Crippen molar-refractivity contribution in [3.05, 3.63) is 48.0 Å². The van der Waals surface area contributed by atoms with E-state index in [4.69, 9.17) is 4.74 Å². The third-order valence-electron chi connectivity index (χ3n) is 3.14. The minimum absolute atomic E-state index is 0.648. The zero-order valence-corrected chi connectivity index (χ0v) is 10.9. The lowest BCUT2D eigenvalue weighted by molar-refractivity contribution is 0.0881. The smallest absolute Gasteiger partial charge is 0.145 e. The van der Waals surface area contributed by atoms with E-state index in [0.29, 0.717) is 5.82 Å². The van der Waals surface area contributed by atoms with Gasteiger partial charge in [-0.2, -0.15) is 0 Å². The molecule has 4 heteroatoms. The minimum Gasteiger partial charge on any atom is -0.497 e. The van der Waals surface area contributed by atoms with Gasteiger partial charge in [0, 0.05) is 18.9 Å². The average molecular weight is 246 g/mol. The number of benzene rings is 1. The molecule has 96 valence electrons. The summed E-state index contributed by atoms with van der Waals surface area (Å²) >= 11 is 0. The van der Waals surface area contributed by atoms with E-state index in [9.17, 15) is 5.11 Å². The molecule has 0 spiro atoms. The van der Waals surface area contributed by atoms with Gasteiger partial charge in [0.15, 0.2) is 0 Å². The zero-order chi connectivity index (χ0) is 13.2. The van der Waals surface area contributed by atoms with Gasteiger partial charge in [-0.25, -0.2) is 4.98 Å². The van der Waals surface area contributed by atoms with Crippen LogP contribution in [0.15, 0.2) is 36.7 Å². The SMILES string of the molecule is CCn1ccnc1C(C)(O)c1ccc(OC)cc1. The van der Waals surface area contributed by atoms with Crippen molar-refractivity contribution in [3.63, 3.8) is 0 Å². The summed E-state index contributed by atoms with van der Waals surface area (Å²) in [5.41, 5.74) is -0.310. The van der Waals surface area contributed by atoms with Crippen molar-refractivity contribution in [2.24, 2.45) is 0 Å². The summed E-state index contributed by atoms with van der Waals surface area (Å²) in [4.78, 5) is 4.26. The molecule has 0 bridgehead atoms. The highest BCUT2D eigenvalue weighted by atomic mass is 16.5. The average Bonchev–Trinajstić information content (AvgIpc) is 2.88. The molecule has 2 aromatic rings. The summed E-state index contributed by atoms with van der Waals surface area (Å²) < 4.78 is 7.05. The third-order valence-corrected chi connectivity index (χ3v) is 3.14. The van der Waals surface area contributed by atoms with Crippen molar-refractivity contribution in [1.29, 1.82) is 0 Å². The molecule has 0 saturated heterocycles. The molecule has 1 N–H and O–H groups in total. The topological polar surface area (TPSA) is 47.3 Å². The number of aliphatic hydroxyl groups is 1. The van der Waals surface area contributed by atoms with Crippen LogP contribution in [0.5, 0.6) is 5.75 Å². The lowest BCUT2D eigenvalue weighted by Gasteiger charge is -2.24. The third kappa shape index (κ3) is 2.11. The molecular formula is C14H18N2O2. The second-order valence-corrected chi connectivity index (χ2v) is 4.34. The van der Waals surface area contributed by atoms with Crippen molar-refractivity contribution in [3.8, 4) is 5.75 Å². The first-order chi connectivity index (χ1) is 8.59. The van der Waals surface area contributed by atoms with E-state index in [1.165, 1.54) is 0 Å². The van der Waals surface area contributed by atoms with Crippen LogP contribution in [0.3, 0.4) is 0 Å². The Labute approximate surface area is 107 Å². The second-order valence-electron chi connectivity index (χ2n) is 4.34. The molecule has 1 unspecified atom stereocenters. The Kier molecular flexibility index (Phi) is 3.39. The molecular weight excluding hydrogens is 228 g/mol. The summed E-state index contributed by atoms with van der Waals surface area (Å²) in [6, 6.07) is 7.38. The van der Waals surface area contributed by atoms with E-state index in [2.05, 4.69) is 4.98 Å². The number of imidazole rings is 1. The predicted octanol–water partition coefficient (Wildman–Crippen LogP) is 2.17. The Bertz CT molecular complexity index is 515. The maximum absolute atomic E-state index is 10.7. The Morgan fingerprint density at radius 2 is 2.00 bits per heavy atom. The normalized spacial score (nSPS) is 14.2. The van der Waals surface area contributed by atoms with Crippen LogP contribution in [0, 0.1) is 0 Å². The summed E-state index contributed by atoms with van der Waals surface area (Å²) in [5, 5.41) is 10.7. The Morgan fingerprint density at radius 1 is 1.33 bits per heavy atom. The second kappa shape index (κ2) is 4.82. The number of aromatic nitrogens is 2. The summed E-state index contributed by atoms with van der Waals surface area (Å²) in [6.07, 6.45) is 3.57. The molecule has 0 aliphatic carbocycles. The highest BCUT2D eigenvalue weighted by Gasteiger charge is 2.30. The molecule has 1 aromatic carbocycles. The van der Waals surface area contributed by atoms with Crippen LogP contribution in [0.2, 0.25) is 0 Å². The predicted molar refractivity (Wildman–Crippen MR) is 69.6 cm³/mol. The first kappa shape index (κ1) is 12.6. The van der Waals surface area contributed by atoms with Gasteiger partial charge in [0.25, 0.3) is 0 Å². The minimum atomic E-state index is -1.11. The Hall–Kier alpha value is -1.81. The fourth-order valence-electron chi connectivity index (χ4n) is 2.03. The number of aryl methyl sites for hydroxylation is 1. The molecule has 2 rings (SSSR count). The van der Waals surface area contributed by atoms with Crippen LogP contribution in [-0.2, 0) is 12.1 Å². The van der Waals surface area contributed by atoms with Gasteiger partial charge in [-0.3, -0.25) is 0 Å². The summed E-state index contributed by atoms with van der Waals surface area (Å²) in [7, 11) is 1.62. The molecule has 1 atom stereocenters. The van der Waals surface area contributed by atoms with Crippen LogP contribution < -0.4 is 4.74 Å². The first-order valence-corrected chi connectivity index (χ1v) is 5.98. The summed E-state index contributed by atoms with van der Waals surface area (Å²) in [5.74, 6) is 1.42. The number of ether oxygens (including phenoxy) is 1. The molecule has 0 saturated carbocycles. The van der Waals surface area contributed by atoms with Crippen LogP contribution in [0.4, 0.5) is 0 Å². The maximum Gasteiger partial charge on any atom is 0.145 e. The first-order valence-electron chi connectivity index (χ1n) is 5.98. The van der Waals surface area contributed by atoms with Crippen molar-refractivity contribution >= 4 is 0 Å². The van der Waals surface area contributed by atoms with E-state index in [0.717, 1.165) is 17.9 Å². The largest absolute Gasteiger partial charge is 0.497 e. The van der Waals surface area contributed by atoms with Crippen molar-refractivity contribution in [2.45, 2.75) is 26.0 Å². The number of nitrogens with zero attached hydrogens (tertiary/aromatic N) is 2. The maximum atomic E-state index is 10.7. The molecule has 18 heavy (non-hydrogen) atoms. The van der Waals surface area contributed by atoms with Crippen LogP contribution in [0.25, 0.3) is 0 Å². The molecule has 1 heterocycles. The fourth-order valence-corrected chi connectivity index (χ4v) is 2.03. The van der Waals surface area contributed by atoms with E-state index < -0.39 is 5.60 Å².